The molecule has 0 unspecified atom stereocenters. The molecule has 2 aliphatic heterocycles. The molecule has 2 amide bonds. The lowest BCUT2D eigenvalue weighted by Gasteiger charge is -2.43. The van der Waals surface area contributed by atoms with E-state index in [4.69, 9.17) is 10.8 Å². The summed E-state index contributed by atoms with van der Waals surface area (Å²) in [5, 5.41) is 8.81. The van der Waals surface area contributed by atoms with Crippen LogP contribution in [-0.2, 0) is 16.0 Å². The highest BCUT2D eigenvalue weighted by molar-refractivity contribution is 6.39. The highest BCUT2D eigenvalue weighted by Crippen LogP contribution is 2.36. The third-order valence-electron chi connectivity index (χ3n) is 8.79. The van der Waals surface area contributed by atoms with E-state index in [1.54, 1.807) is 11.0 Å². The standard InChI is InChI=1S/C30H41N7O2/c1-6-20-13-23(16-32-27(20)31)33-28(38)29(39)36-17-19(2)7-10-26(36)21-8-9-22-18-37(34-25(22)14-21)24-11-12-35(5)30(3,4)15-24/h8-9,13-14,16,18-19,24,26H,6-7,10-12,15,17H2,1-5H3,(H2,31,32)(H,33,38)/t19-,24+,26+/m0/s1. The molecule has 1 aromatic carbocycles. The lowest BCUT2D eigenvalue weighted by molar-refractivity contribution is -0.146. The Morgan fingerprint density at radius 2 is 1.97 bits per heavy atom. The minimum absolute atomic E-state index is 0.132. The molecular weight excluding hydrogens is 490 g/mol. The normalized spacial score (nSPS) is 23.6. The molecule has 4 heterocycles. The second-order valence-electron chi connectivity index (χ2n) is 12.0. The van der Waals surface area contributed by atoms with Crippen molar-refractivity contribution in [3.8, 4) is 0 Å². The van der Waals surface area contributed by atoms with E-state index in [2.05, 4.69) is 72.1 Å². The smallest absolute Gasteiger partial charge is 0.313 e. The number of nitrogen functional groups attached to an aromatic ring is 1. The average Bonchev–Trinajstić information content (AvgIpc) is 3.34. The Hall–Kier alpha value is -3.46. The predicted molar refractivity (Wildman–Crippen MR) is 154 cm³/mol. The minimum atomic E-state index is -0.655. The number of piperidine rings is 2. The topological polar surface area (TPSA) is 109 Å². The summed E-state index contributed by atoms with van der Waals surface area (Å²) < 4.78 is 2.13. The van der Waals surface area contributed by atoms with Crippen LogP contribution in [0.25, 0.3) is 10.9 Å². The number of benzene rings is 1. The summed E-state index contributed by atoms with van der Waals surface area (Å²) >= 11 is 0. The van der Waals surface area contributed by atoms with E-state index in [-0.39, 0.29) is 11.6 Å². The fraction of sp³-hybridized carbons (Fsp3) is 0.533. The number of carbonyl (C=O) groups is 2. The summed E-state index contributed by atoms with van der Waals surface area (Å²) in [6.07, 6.45) is 8.25. The summed E-state index contributed by atoms with van der Waals surface area (Å²) in [6, 6.07) is 8.25. The molecule has 9 heteroatoms. The molecule has 2 saturated heterocycles. The molecule has 39 heavy (non-hydrogen) atoms. The Bertz CT molecular complexity index is 1380. The van der Waals surface area contributed by atoms with Gasteiger partial charge in [0.25, 0.3) is 0 Å². The van der Waals surface area contributed by atoms with Crippen molar-refractivity contribution >= 4 is 34.2 Å². The SMILES string of the molecule is CCc1cc(NC(=O)C(=O)N2C[C@@H](C)CC[C@@H]2c2ccc3cn([C@@H]4CCN(C)C(C)(C)C4)nc3c2)cnc1N. The zero-order chi connectivity index (χ0) is 27.9. The monoisotopic (exact) mass is 531 g/mol. The van der Waals surface area contributed by atoms with E-state index < -0.39 is 11.8 Å². The molecule has 2 fully saturated rings. The first-order valence-corrected chi connectivity index (χ1v) is 14.1. The molecular formula is C30H41N7O2. The molecule has 0 spiro atoms. The van der Waals surface area contributed by atoms with Crippen molar-refractivity contribution in [3.05, 3.63) is 47.8 Å². The van der Waals surface area contributed by atoms with Gasteiger partial charge in [-0.2, -0.15) is 5.10 Å². The number of likely N-dealkylation sites (tertiary alicyclic amines) is 2. The number of rotatable bonds is 4. The maximum absolute atomic E-state index is 13.5. The van der Waals surface area contributed by atoms with Crippen LogP contribution in [-0.4, -0.2) is 62.1 Å². The van der Waals surface area contributed by atoms with Gasteiger partial charge in [0.2, 0.25) is 0 Å². The van der Waals surface area contributed by atoms with Crippen molar-refractivity contribution in [2.24, 2.45) is 5.92 Å². The van der Waals surface area contributed by atoms with Gasteiger partial charge in [-0.1, -0.05) is 26.0 Å². The van der Waals surface area contributed by atoms with Gasteiger partial charge in [-0.15, -0.1) is 0 Å². The van der Waals surface area contributed by atoms with E-state index in [1.165, 1.54) is 6.20 Å². The Kier molecular flexibility index (Phi) is 7.37. The van der Waals surface area contributed by atoms with Gasteiger partial charge in [-0.25, -0.2) is 4.98 Å². The van der Waals surface area contributed by atoms with E-state index in [9.17, 15) is 9.59 Å². The lowest BCUT2D eigenvalue weighted by Crippen LogP contribution is -2.47. The van der Waals surface area contributed by atoms with Crippen LogP contribution >= 0.6 is 0 Å². The fourth-order valence-corrected chi connectivity index (χ4v) is 6.06. The predicted octanol–water partition coefficient (Wildman–Crippen LogP) is 4.56. The number of carbonyl (C=O) groups excluding carboxylic acids is 2. The Morgan fingerprint density at radius 1 is 1.18 bits per heavy atom. The number of anilines is 2. The molecule has 2 aromatic heterocycles. The van der Waals surface area contributed by atoms with Gasteiger partial charge in [-0.05, 0) is 82.2 Å². The molecule has 0 aliphatic carbocycles. The summed E-state index contributed by atoms with van der Waals surface area (Å²) in [5.41, 5.74) is 9.29. The van der Waals surface area contributed by atoms with Crippen LogP contribution in [0.4, 0.5) is 11.5 Å². The maximum Gasteiger partial charge on any atom is 0.313 e. The quantitative estimate of drug-likeness (QED) is 0.478. The summed E-state index contributed by atoms with van der Waals surface area (Å²) in [6.45, 7) is 10.3. The Balaban J connectivity index is 1.36. The number of hydrogen-bond donors (Lipinski definition) is 2. The van der Waals surface area contributed by atoms with Gasteiger partial charge in [0.1, 0.15) is 5.82 Å². The van der Waals surface area contributed by atoms with Gasteiger partial charge >= 0.3 is 11.8 Å². The van der Waals surface area contributed by atoms with Crippen molar-refractivity contribution in [3.63, 3.8) is 0 Å². The molecule has 0 saturated carbocycles. The number of hydrogen-bond acceptors (Lipinski definition) is 6. The Morgan fingerprint density at radius 3 is 2.72 bits per heavy atom. The molecule has 0 bridgehead atoms. The maximum atomic E-state index is 13.5. The number of nitrogens with zero attached hydrogens (tertiary/aromatic N) is 5. The van der Waals surface area contributed by atoms with Crippen LogP contribution in [0.15, 0.2) is 36.7 Å². The van der Waals surface area contributed by atoms with Gasteiger partial charge < -0.3 is 20.9 Å². The van der Waals surface area contributed by atoms with Crippen molar-refractivity contribution in [2.45, 2.75) is 77.4 Å². The van der Waals surface area contributed by atoms with E-state index in [0.717, 1.165) is 54.3 Å². The molecule has 9 nitrogen and oxygen atoms in total. The van der Waals surface area contributed by atoms with Crippen molar-refractivity contribution < 1.29 is 9.59 Å². The first kappa shape index (κ1) is 27.1. The van der Waals surface area contributed by atoms with E-state index in [1.807, 2.05) is 6.92 Å². The van der Waals surface area contributed by atoms with Crippen molar-refractivity contribution in [1.82, 2.24) is 24.6 Å². The molecule has 2 aliphatic rings. The van der Waals surface area contributed by atoms with Crippen LogP contribution in [0, 0.1) is 5.92 Å². The fourth-order valence-electron chi connectivity index (χ4n) is 6.06. The van der Waals surface area contributed by atoms with Gasteiger partial charge in [0, 0.05) is 30.2 Å². The lowest BCUT2D eigenvalue weighted by atomic mass is 9.87. The van der Waals surface area contributed by atoms with Crippen molar-refractivity contribution in [1.29, 1.82) is 0 Å². The van der Waals surface area contributed by atoms with Crippen LogP contribution in [0.5, 0.6) is 0 Å². The zero-order valence-electron chi connectivity index (χ0n) is 23.8. The average molecular weight is 532 g/mol. The van der Waals surface area contributed by atoms with E-state index in [0.29, 0.717) is 36.4 Å². The highest BCUT2D eigenvalue weighted by Gasteiger charge is 2.35. The number of aromatic nitrogens is 3. The zero-order valence-corrected chi connectivity index (χ0v) is 23.8. The summed E-state index contributed by atoms with van der Waals surface area (Å²) in [7, 11) is 2.19. The Labute approximate surface area is 230 Å². The number of fused-ring (bicyclic) bond motifs is 1. The molecule has 0 radical (unpaired) electrons. The second kappa shape index (κ2) is 10.6. The largest absolute Gasteiger partial charge is 0.383 e. The molecule has 3 aromatic rings. The summed E-state index contributed by atoms with van der Waals surface area (Å²) in [5.74, 6) is -0.429. The summed E-state index contributed by atoms with van der Waals surface area (Å²) in [4.78, 5) is 34.8. The van der Waals surface area contributed by atoms with Crippen LogP contribution in [0.3, 0.4) is 0 Å². The first-order valence-electron chi connectivity index (χ1n) is 14.1. The number of aryl methyl sites for hydroxylation is 1. The van der Waals surface area contributed by atoms with Crippen LogP contribution in [0.1, 0.15) is 76.6 Å². The molecule has 208 valence electrons. The minimum Gasteiger partial charge on any atom is -0.383 e. The third-order valence-corrected chi connectivity index (χ3v) is 8.79. The van der Waals surface area contributed by atoms with Crippen LogP contribution in [0.2, 0.25) is 0 Å². The number of amides is 2. The molecule has 3 atom stereocenters. The number of nitrogens with one attached hydrogen (secondary N) is 1. The first-order chi connectivity index (χ1) is 18.6. The van der Waals surface area contributed by atoms with E-state index >= 15 is 0 Å². The van der Waals surface area contributed by atoms with Crippen LogP contribution < -0.4 is 11.1 Å². The van der Waals surface area contributed by atoms with Gasteiger partial charge in [0.15, 0.2) is 0 Å². The van der Waals surface area contributed by atoms with Crippen molar-refractivity contribution in [2.75, 3.05) is 31.2 Å². The molecule has 5 rings (SSSR count). The number of pyridine rings is 1. The number of nitrogens with two attached hydrogens (primary N) is 1. The third kappa shape index (κ3) is 5.50. The van der Waals surface area contributed by atoms with Gasteiger partial charge in [0.05, 0.1) is 29.5 Å². The second-order valence-corrected chi connectivity index (χ2v) is 12.0. The highest BCUT2D eigenvalue weighted by atomic mass is 16.2. The van der Waals surface area contributed by atoms with Gasteiger partial charge in [-0.3, -0.25) is 14.3 Å². The molecule has 3 N–H and O–H groups in total.